The van der Waals surface area contributed by atoms with Gasteiger partial charge >= 0.3 is 48.9 Å². The van der Waals surface area contributed by atoms with Crippen molar-refractivity contribution in [3.8, 4) is 0 Å². The van der Waals surface area contributed by atoms with E-state index in [1.54, 1.807) is 0 Å². The van der Waals surface area contributed by atoms with Gasteiger partial charge in [-0.2, -0.15) is 0 Å². The van der Waals surface area contributed by atoms with Crippen LogP contribution in [0.1, 0.15) is 0 Å². The Morgan fingerprint density at radius 2 is 1.82 bits per heavy atom. The van der Waals surface area contributed by atoms with Crippen molar-refractivity contribution in [1.29, 1.82) is 0 Å². The van der Waals surface area contributed by atoms with Crippen molar-refractivity contribution >= 4 is 56.7 Å². The molecule has 1 rings (SSSR count). The third-order valence-corrected chi connectivity index (χ3v) is 2.51. The number of rotatable bonds is 3. The zero-order valence-electron chi connectivity index (χ0n) is 8.51. The van der Waals surface area contributed by atoms with Crippen molar-refractivity contribution in [2.45, 2.75) is 30.8 Å². The molecule has 1 saturated heterocycles. The fourth-order valence-corrected chi connectivity index (χ4v) is 1.54. The van der Waals surface area contributed by atoms with Crippen LogP contribution in [0, 0.1) is 0 Å². The first-order chi connectivity index (χ1) is 7.22. The van der Waals surface area contributed by atoms with Crippen LogP contribution in [0.4, 0.5) is 4.39 Å². The van der Waals surface area contributed by atoms with E-state index < -0.39 is 45.2 Å². The SMILES string of the molecule is O=P([O-])([O-])OC[C@H]1OC(O)[C@H](F)[C@@H](O)[C@@H]1O.[Ba+2]. The maximum absolute atomic E-state index is 12.9. The summed E-state index contributed by atoms with van der Waals surface area (Å²) in [5, 5.41) is 27.2. The number of halogens is 1. The van der Waals surface area contributed by atoms with Crippen molar-refractivity contribution < 1.29 is 43.3 Å². The summed E-state index contributed by atoms with van der Waals surface area (Å²) in [4.78, 5) is 20.2. The van der Waals surface area contributed by atoms with Crippen molar-refractivity contribution in [1.82, 2.24) is 0 Å². The maximum Gasteiger partial charge on any atom is 2.00 e. The Balaban J connectivity index is 0.00000256. The molecule has 0 bridgehead atoms. The Labute approximate surface area is 136 Å². The van der Waals surface area contributed by atoms with Crippen LogP contribution in [-0.2, 0) is 13.8 Å². The van der Waals surface area contributed by atoms with E-state index in [2.05, 4.69) is 9.26 Å². The Hall–Kier alpha value is 1.45. The van der Waals surface area contributed by atoms with Crippen molar-refractivity contribution in [2.75, 3.05) is 6.61 Å². The van der Waals surface area contributed by atoms with Crippen LogP contribution >= 0.6 is 7.82 Å². The topological polar surface area (TPSA) is 142 Å². The monoisotopic (exact) mass is 398 g/mol. The molecule has 0 radical (unpaired) electrons. The molecule has 5 atom stereocenters. The van der Waals surface area contributed by atoms with Gasteiger partial charge < -0.3 is 38.9 Å². The molecule has 0 amide bonds. The summed E-state index contributed by atoms with van der Waals surface area (Å²) in [7, 11) is -5.26. The molecule has 0 aromatic carbocycles. The van der Waals surface area contributed by atoms with Crippen LogP contribution in [0.2, 0.25) is 0 Å². The molecular weight excluding hydrogens is 387 g/mol. The molecule has 11 heteroatoms. The molecule has 0 aromatic heterocycles. The van der Waals surface area contributed by atoms with Gasteiger partial charge in [-0.25, -0.2) is 4.39 Å². The first-order valence-corrected chi connectivity index (χ1v) is 5.69. The molecular formula is C6H10BaFO8P. The summed E-state index contributed by atoms with van der Waals surface area (Å²) in [6.07, 6.45) is -9.50. The average molecular weight is 397 g/mol. The van der Waals surface area contributed by atoms with Gasteiger partial charge in [-0.15, -0.1) is 0 Å². The zero-order valence-corrected chi connectivity index (χ0v) is 13.8. The molecule has 1 heterocycles. The summed E-state index contributed by atoms with van der Waals surface area (Å²) in [5.74, 6) is 0. The number of ether oxygens (including phenoxy) is 1. The number of hydrogen-bond donors (Lipinski definition) is 3. The second-order valence-electron chi connectivity index (χ2n) is 3.23. The van der Waals surface area contributed by atoms with Gasteiger partial charge in [0.2, 0.25) is 0 Å². The smallest absolute Gasteiger partial charge is 0.790 e. The van der Waals surface area contributed by atoms with Gasteiger partial charge in [0.25, 0.3) is 0 Å². The van der Waals surface area contributed by atoms with E-state index in [9.17, 15) is 23.8 Å². The third kappa shape index (κ3) is 5.53. The minimum Gasteiger partial charge on any atom is -0.790 e. The van der Waals surface area contributed by atoms with E-state index in [1.807, 2.05) is 0 Å². The van der Waals surface area contributed by atoms with E-state index in [-0.39, 0.29) is 48.9 Å². The molecule has 17 heavy (non-hydrogen) atoms. The molecule has 0 spiro atoms. The first kappa shape index (κ1) is 18.5. The van der Waals surface area contributed by atoms with Crippen molar-refractivity contribution in [3.63, 3.8) is 0 Å². The molecule has 0 saturated carbocycles. The third-order valence-electron chi connectivity index (χ3n) is 2.04. The normalized spacial score (nSPS) is 38.6. The minimum atomic E-state index is -5.26. The molecule has 8 nitrogen and oxygen atoms in total. The Bertz CT molecular complexity index is 287. The minimum absolute atomic E-state index is 0. The Morgan fingerprint density at radius 1 is 1.29 bits per heavy atom. The predicted octanol–water partition coefficient (Wildman–Crippen LogP) is -3.77. The summed E-state index contributed by atoms with van der Waals surface area (Å²) in [5.41, 5.74) is 0. The zero-order chi connectivity index (χ0) is 12.5. The van der Waals surface area contributed by atoms with Crippen LogP contribution in [0.25, 0.3) is 0 Å². The van der Waals surface area contributed by atoms with Crippen LogP contribution in [0.5, 0.6) is 0 Å². The average Bonchev–Trinajstić information content (AvgIpc) is 2.17. The maximum atomic E-state index is 12.9. The number of hydrogen-bond acceptors (Lipinski definition) is 8. The van der Waals surface area contributed by atoms with Crippen LogP contribution in [0.15, 0.2) is 0 Å². The van der Waals surface area contributed by atoms with Crippen LogP contribution < -0.4 is 9.79 Å². The quantitative estimate of drug-likeness (QED) is 0.325. The van der Waals surface area contributed by atoms with Crippen LogP contribution in [0.3, 0.4) is 0 Å². The molecule has 1 fully saturated rings. The van der Waals surface area contributed by atoms with Crippen molar-refractivity contribution in [2.24, 2.45) is 0 Å². The molecule has 1 aliphatic heterocycles. The molecule has 1 aliphatic rings. The number of alkyl halides is 1. The van der Waals surface area contributed by atoms with Gasteiger partial charge in [0.05, 0.1) is 14.4 Å². The number of phosphoric ester groups is 1. The van der Waals surface area contributed by atoms with E-state index in [1.165, 1.54) is 0 Å². The summed E-state index contributed by atoms with van der Waals surface area (Å²) in [6.45, 7) is -0.910. The van der Waals surface area contributed by atoms with Gasteiger partial charge in [0.1, 0.15) is 18.3 Å². The van der Waals surface area contributed by atoms with Gasteiger partial charge in [0.15, 0.2) is 12.5 Å². The van der Waals surface area contributed by atoms with Gasteiger partial charge in [-0.3, -0.25) is 0 Å². The number of phosphoric acid groups is 1. The summed E-state index contributed by atoms with van der Waals surface area (Å²) >= 11 is 0. The fraction of sp³-hybridized carbons (Fsp3) is 1.00. The van der Waals surface area contributed by atoms with Gasteiger partial charge in [-0.05, 0) is 0 Å². The van der Waals surface area contributed by atoms with Gasteiger partial charge in [0, 0.05) is 0 Å². The van der Waals surface area contributed by atoms with E-state index >= 15 is 0 Å². The molecule has 0 aliphatic carbocycles. The Morgan fingerprint density at radius 3 is 2.29 bits per heavy atom. The van der Waals surface area contributed by atoms with Crippen molar-refractivity contribution in [3.05, 3.63) is 0 Å². The second-order valence-corrected chi connectivity index (χ2v) is 4.39. The number of aliphatic hydroxyl groups is 3. The molecule has 0 aromatic rings. The first-order valence-electron chi connectivity index (χ1n) is 4.22. The Kier molecular flexibility index (Phi) is 7.91. The van der Waals surface area contributed by atoms with E-state index in [4.69, 9.17) is 10.2 Å². The predicted molar refractivity (Wildman–Crippen MR) is 47.1 cm³/mol. The molecule has 96 valence electrons. The van der Waals surface area contributed by atoms with E-state index in [0.717, 1.165) is 0 Å². The molecule has 3 N–H and O–H groups in total. The van der Waals surface area contributed by atoms with Crippen LogP contribution in [-0.4, -0.2) is 102 Å². The fourth-order valence-electron chi connectivity index (χ4n) is 1.21. The summed E-state index contributed by atoms with van der Waals surface area (Å²) in [6, 6.07) is 0. The van der Waals surface area contributed by atoms with E-state index in [0.29, 0.717) is 0 Å². The largest absolute Gasteiger partial charge is 2.00 e. The molecule has 1 unspecified atom stereocenters. The number of aliphatic hydroxyl groups excluding tert-OH is 3. The summed E-state index contributed by atoms with van der Waals surface area (Å²) < 4.78 is 31.2. The second kappa shape index (κ2) is 7.29. The van der Waals surface area contributed by atoms with Gasteiger partial charge in [-0.1, -0.05) is 0 Å². The standard InChI is InChI=1S/C6H12FO8P.Ba/c7-3-5(9)4(8)2(15-6(3)10)1-14-16(11,12)13;/h2-6,8-10H,1H2,(H2,11,12,13);/q;+2/p-2/t2-,3-,4-,5-,6?;/m1./s1.